The maximum absolute atomic E-state index is 14.3. The van der Waals surface area contributed by atoms with Crippen molar-refractivity contribution < 1.29 is 12.8 Å². The zero-order valence-electron chi connectivity index (χ0n) is 15.7. The molecule has 10 heteroatoms. The molecule has 0 aliphatic heterocycles. The minimum atomic E-state index is -3.65. The summed E-state index contributed by atoms with van der Waals surface area (Å²) < 4.78 is 39.7. The van der Waals surface area contributed by atoms with Crippen LogP contribution in [0.15, 0.2) is 30.7 Å². The Bertz CT molecular complexity index is 1120. The fourth-order valence-electron chi connectivity index (χ4n) is 2.58. The molecule has 3 aromatic rings. The van der Waals surface area contributed by atoms with Gasteiger partial charge in [0.2, 0.25) is 10.0 Å². The predicted molar refractivity (Wildman–Crippen MR) is 107 cm³/mol. The van der Waals surface area contributed by atoms with Crippen LogP contribution >= 0.6 is 11.6 Å². The molecule has 0 fully saturated rings. The van der Waals surface area contributed by atoms with E-state index in [9.17, 15) is 12.8 Å². The van der Waals surface area contributed by atoms with Gasteiger partial charge in [-0.05, 0) is 18.2 Å². The molecule has 1 aromatic carbocycles. The first-order valence-electron chi connectivity index (χ1n) is 8.30. The van der Waals surface area contributed by atoms with Gasteiger partial charge in [0.1, 0.15) is 18.0 Å². The number of hydrogen-bond donors (Lipinski definition) is 2. The number of anilines is 1. The average Bonchev–Trinajstić information content (AvgIpc) is 3.03. The molecule has 0 atom stereocenters. The van der Waals surface area contributed by atoms with Crippen LogP contribution < -0.4 is 4.72 Å². The first kappa shape index (κ1) is 20.2. The van der Waals surface area contributed by atoms with Crippen LogP contribution in [0.5, 0.6) is 0 Å². The summed E-state index contributed by atoms with van der Waals surface area (Å²) in [6.45, 7) is 5.93. The van der Waals surface area contributed by atoms with Crippen LogP contribution in [0, 0.1) is 5.82 Å². The molecule has 0 saturated carbocycles. The molecule has 148 valence electrons. The Balaban J connectivity index is 2.28. The molecule has 0 unspecified atom stereocenters. The van der Waals surface area contributed by atoms with Crippen LogP contribution in [0.1, 0.15) is 26.6 Å². The third-order valence-corrected chi connectivity index (χ3v) is 4.84. The third kappa shape index (κ3) is 4.31. The molecule has 0 saturated heterocycles. The van der Waals surface area contributed by atoms with Crippen molar-refractivity contribution in [2.45, 2.75) is 26.2 Å². The number of benzene rings is 1. The number of nitrogens with one attached hydrogen (secondary N) is 2. The van der Waals surface area contributed by atoms with Gasteiger partial charge in [0.15, 0.2) is 0 Å². The van der Waals surface area contributed by atoms with Crippen LogP contribution in [-0.2, 0) is 15.4 Å². The lowest BCUT2D eigenvalue weighted by molar-refractivity contribution is 0.553. The van der Waals surface area contributed by atoms with Gasteiger partial charge in [-0.15, -0.1) is 0 Å². The van der Waals surface area contributed by atoms with Crippen LogP contribution in [0.4, 0.5) is 10.1 Å². The summed E-state index contributed by atoms with van der Waals surface area (Å²) >= 11 is 6.42. The van der Waals surface area contributed by atoms with E-state index >= 15 is 0 Å². The normalized spacial score (nSPS) is 12.2. The van der Waals surface area contributed by atoms with Gasteiger partial charge in [-0.1, -0.05) is 32.4 Å². The van der Waals surface area contributed by atoms with Crippen LogP contribution in [0.3, 0.4) is 0 Å². The van der Waals surface area contributed by atoms with Gasteiger partial charge in [-0.3, -0.25) is 4.72 Å². The van der Waals surface area contributed by atoms with Crippen molar-refractivity contribution in [1.82, 2.24) is 19.9 Å². The Hall–Kier alpha value is -2.52. The van der Waals surface area contributed by atoms with E-state index in [0.717, 1.165) is 12.3 Å². The number of sulfonamides is 1. The largest absolute Gasteiger partial charge is 0.340 e. The van der Waals surface area contributed by atoms with E-state index in [1.54, 1.807) is 12.3 Å². The fourth-order valence-corrected chi connectivity index (χ4v) is 3.45. The summed E-state index contributed by atoms with van der Waals surface area (Å²) in [6.07, 6.45) is 3.93. The SMILES string of the molecule is CC(C)(C)c1nc(-c2cc(F)cc(NS(C)(=O)=O)c2Cl)c(-c2ccncn2)[nH]1. The zero-order chi connectivity index (χ0) is 20.7. The first-order valence-corrected chi connectivity index (χ1v) is 10.6. The van der Waals surface area contributed by atoms with Crippen LogP contribution in [0.25, 0.3) is 22.6 Å². The highest BCUT2D eigenvalue weighted by molar-refractivity contribution is 7.92. The molecule has 0 spiro atoms. The molecule has 28 heavy (non-hydrogen) atoms. The monoisotopic (exact) mass is 423 g/mol. The van der Waals surface area contributed by atoms with Gasteiger partial charge in [-0.25, -0.2) is 27.8 Å². The van der Waals surface area contributed by atoms with Crippen molar-refractivity contribution in [3.63, 3.8) is 0 Å². The molecule has 0 amide bonds. The van der Waals surface area contributed by atoms with E-state index in [-0.39, 0.29) is 21.7 Å². The molecule has 0 aliphatic carbocycles. The van der Waals surface area contributed by atoms with E-state index in [1.165, 1.54) is 12.4 Å². The first-order chi connectivity index (χ1) is 13.0. The second-order valence-corrected chi connectivity index (χ2v) is 9.47. The lowest BCUT2D eigenvalue weighted by atomic mass is 9.96. The Morgan fingerprint density at radius 3 is 2.54 bits per heavy atom. The highest BCUT2D eigenvalue weighted by atomic mass is 35.5. The second-order valence-electron chi connectivity index (χ2n) is 7.34. The Morgan fingerprint density at radius 2 is 1.96 bits per heavy atom. The lowest BCUT2D eigenvalue weighted by Crippen LogP contribution is -2.13. The molecule has 2 heterocycles. The highest BCUT2D eigenvalue weighted by Gasteiger charge is 2.25. The van der Waals surface area contributed by atoms with Gasteiger partial charge < -0.3 is 4.98 Å². The van der Waals surface area contributed by atoms with Crippen molar-refractivity contribution in [1.29, 1.82) is 0 Å². The van der Waals surface area contributed by atoms with E-state index in [2.05, 4.69) is 24.7 Å². The predicted octanol–water partition coefficient (Wildman–Crippen LogP) is 4.00. The molecule has 2 N–H and O–H groups in total. The minimum absolute atomic E-state index is 0.0362. The van der Waals surface area contributed by atoms with Crippen LogP contribution in [-0.4, -0.2) is 34.6 Å². The Labute approximate surface area is 167 Å². The highest BCUT2D eigenvalue weighted by Crippen LogP contribution is 2.39. The van der Waals surface area contributed by atoms with E-state index in [1.807, 2.05) is 20.8 Å². The molecule has 7 nitrogen and oxygen atoms in total. The molecular formula is C18H19ClFN5O2S. The van der Waals surface area contributed by atoms with E-state index in [4.69, 9.17) is 11.6 Å². The second kappa shape index (κ2) is 7.14. The minimum Gasteiger partial charge on any atom is -0.340 e. The Morgan fingerprint density at radius 1 is 1.25 bits per heavy atom. The summed E-state index contributed by atoms with van der Waals surface area (Å²) in [4.78, 5) is 16.0. The van der Waals surface area contributed by atoms with E-state index in [0.29, 0.717) is 22.9 Å². The fraction of sp³-hybridized carbons (Fsp3) is 0.278. The summed E-state index contributed by atoms with van der Waals surface area (Å²) in [7, 11) is -3.65. The third-order valence-electron chi connectivity index (χ3n) is 3.84. The standard InChI is InChI=1S/C18H19ClFN5O2S/c1-18(2,3)17-23-15(16(24-17)12-5-6-21-9-22-12)11-7-10(20)8-13(14(11)19)25-28(4,26)27/h5-9,25H,1-4H3,(H,23,24). The van der Waals surface area contributed by atoms with Gasteiger partial charge in [0, 0.05) is 17.2 Å². The van der Waals surface area contributed by atoms with Crippen molar-refractivity contribution in [2.24, 2.45) is 0 Å². The number of aromatic amines is 1. The molecule has 3 rings (SSSR count). The van der Waals surface area contributed by atoms with Crippen molar-refractivity contribution in [3.8, 4) is 22.6 Å². The summed E-state index contributed by atoms with van der Waals surface area (Å²) in [5, 5.41) is 0.0362. The van der Waals surface area contributed by atoms with Crippen molar-refractivity contribution in [3.05, 3.63) is 47.4 Å². The van der Waals surface area contributed by atoms with Crippen molar-refractivity contribution >= 4 is 27.3 Å². The van der Waals surface area contributed by atoms with Crippen molar-refractivity contribution in [2.75, 3.05) is 11.0 Å². The molecule has 0 aliphatic rings. The molecular weight excluding hydrogens is 405 g/mol. The van der Waals surface area contributed by atoms with Gasteiger partial charge in [0.25, 0.3) is 0 Å². The molecule has 0 bridgehead atoms. The lowest BCUT2D eigenvalue weighted by Gasteiger charge is -2.14. The van der Waals surface area contributed by atoms with Gasteiger partial charge in [-0.2, -0.15) is 0 Å². The Kier molecular flexibility index (Phi) is 5.16. The summed E-state index contributed by atoms with van der Waals surface area (Å²) in [5.41, 5.74) is 1.30. The maximum Gasteiger partial charge on any atom is 0.229 e. The van der Waals surface area contributed by atoms with Crippen LogP contribution in [0.2, 0.25) is 5.02 Å². The van der Waals surface area contributed by atoms with Gasteiger partial charge >= 0.3 is 0 Å². The number of H-pyrrole nitrogens is 1. The quantitative estimate of drug-likeness (QED) is 0.660. The van der Waals surface area contributed by atoms with E-state index < -0.39 is 15.8 Å². The van der Waals surface area contributed by atoms with Gasteiger partial charge in [0.05, 0.1) is 34.0 Å². The zero-order valence-corrected chi connectivity index (χ0v) is 17.3. The number of rotatable bonds is 4. The summed E-state index contributed by atoms with van der Waals surface area (Å²) in [6, 6.07) is 3.92. The number of halogens is 2. The smallest absolute Gasteiger partial charge is 0.229 e. The average molecular weight is 424 g/mol. The number of nitrogens with zero attached hydrogens (tertiary/aromatic N) is 3. The number of aromatic nitrogens is 4. The number of imidazole rings is 1. The topological polar surface area (TPSA) is 101 Å². The number of hydrogen-bond acceptors (Lipinski definition) is 5. The maximum atomic E-state index is 14.3. The molecule has 2 aromatic heterocycles. The molecule has 0 radical (unpaired) electrons. The summed E-state index contributed by atoms with van der Waals surface area (Å²) in [5.74, 6) is -0.00596.